The van der Waals surface area contributed by atoms with E-state index >= 15 is 0 Å². The number of hydrogen-bond donors (Lipinski definition) is 2. The van der Waals surface area contributed by atoms with Crippen LogP contribution in [-0.4, -0.2) is 20.6 Å². The van der Waals surface area contributed by atoms with E-state index in [0.29, 0.717) is 6.54 Å². The van der Waals surface area contributed by atoms with Crippen LogP contribution in [0.25, 0.3) is 0 Å². The smallest absolute Gasteiger partial charge is 0.215 e. The van der Waals surface area contributed by atoms with E-state index in [-0.39, 0.29) is 11.8 Å². The summed E-state index contributed by atoms with van der Waals surface area (Å²) in [6.07, 6.45) is 0. The summed E-state index contributed by atoms with van der Waals surface area (Å²) in [4.78, 5) is 0. The van der Waals surface area contributed by atoms with Crippen LogP contribution in [0.15, 0.2) is 34.9 Å². The Labute approximate surface area is 131 Å². The summed E-state index contributed by atoms with van der Waals surface area (Å²) in [6, 6.07) is 9.50. The van der Waals surface area contributed by atoms with E-state index in [9.17, 15) is 8.42 Å². The standard InChI is InChI=1S/C15H21N3O3S/c1-11-8-15(18-21-11)12(2)17-9-13-4-6-14(7-5-13)10-22(19,20)16-3/h4-8,12,16-17H,9-10H2,1-3H3. The van der Waals surface area contributed by atoms with Gasteiger partial charge in [-0.25, -0.2) is 13.1 Å². The third-order valence-electron chi connectivity index (χ3n) is 3.39. The fourth-order valence-electron chi connectivity index (χ4n) is 2.01. The van der Waals surface area contributed by atoms with Gasteiger partial charge in [-0.15, -0.1) is 0 Å². The van der Waals surface area contributed by atoms with Crippen molar-refractivity contribution in [2.45, 2.75) is 32.2 Å². The second kappa shape index (κ2) is 7.04. The van der Waals surface area contributed by atoms with Gasteiger partial charge in [-0.05, 0) is 32.0 Å². The number of aromatic nitrogens is 1. The lowest BCUT2D eigenvalue weighted by atomic mass is 10.1. The Morgan fingerprint density at radius 3 is 2.41 bits per heavy atom. The zero-order chi connectivity index (χ0) is 16.2. The van der Waals surface area contributed by atoms with Crippen molar-refractivity contribution >= 4 is 10.0 Å². The van der Waals surface area contributed by atoms with Crippen LogP contribution < -0.4 is 10.0 Å². The van der Waals surface area contributed by atoms with Crippen LogP contribution in [0.3, 0.4) is 0 Å². The van der Waals surface area contributed by atoms with Crippen LogP contribution in [0.2, 0.25) is 0 Å². The average molecular weight is 323 g/mol. The number of sulfonamides is 1. The van der Waals surface area contributed by atoms with Crippen molar-refractivity contribution in [2.24, 2.45) is 0 Å². The molecule has 2 N–H and O–H groups in total. The van der Waals surface area contributed by atoms with Gasteiger partial charge in [0.25, 0.3) is 0 Å². The maximum atomic E-state index is 11.5. The number of nitrogens with zero attached hydrogens (tertiary/aromatic N) is 1. The quantitative estimate of drug-likeness (QED) is 0.813. The third kappa shape index (κ3) is 4.66. The Kier molecular flexibility index (Phi) is 5.33. The van der Waals surface area contributed by atoms with Gasteiger partial charge in [0, 0.05) is 12.6 Å². The number of nitrogens with one attached hydrogen (secondary N) is 2. The number of hydrogen-bond acceptors (Lipinski definition) is 5. The Balaban J connectivity index is 1.91. The minimum Gasteiger partial charge on any atom is -0.361 e. The Morgan fingerprint density at radius 2 is 1.86 bits per heavy atom. The highest BCUT2D eigenvalue weighted by molar-refractivity contribution is 7.88. The SMILES string of the molecule is CNS(=O)(=O)Cc1ccc(CNC(C)c2cc(C)on2)cc1. The molecule has 0 amide bonds. The fourth-order valence-corrected chi connectivity index (χ4v) is 2.79. The molecule has 7 heteroatoms. The predicted octanol–water partition coefficient (Wildman–Crippen LogP) is 1.88. The lowest BCUT2D eigenvalue weighted by Gasteiger charge is -2.11. The van der Waals surface area contributed by atoms with E-state index in [0.717, 1.165) is 22.6 Å². The van der Waals surface area contributed by atoms with E-state index < -0.39 is 10.0 Å². The molecular weight excluding hydrogens is 302 g/mol. The van der Waals surface area contributed by atoms with Crippen molar-refractivity contribution in [3.8, 4) is 0 Å². The molecule has 1 atom stereocenters. The van der Waals surface area contributed by atoms with Crippen LogP contribution >= 0.6 is 0 Å². The molecule has 0 aliphatic rings. The molecule has 0 saturated heterocycles. The molecule has 0 bridgehead atoms. The van der Waals surface area contributed by atoms with Crippen molar-refractivity contribution < 1.29 is 12.9 Å². The van der Waals surface area contributed by atoms with Gasteiger partial charge in [-0.3, -0.25) is 0 Å². The lowest BCUT2D eigenvalue weighted by Crippen LogP contribution is -2.20. The Hall–Kier alpha value is -1.70. The molecule has 120 valence electrons. The van der Waals surface area contributed by atoms with Gasteiger partial charge in [-0.2, -0.15) is 0 Å². The third-order valence-corrected chi connectivity index (χ3v) is 4.73. The second-order valence-corrected chi connectivity index (χ2v) is 7.17. The summed E-state index contributed by atoms with van der Waals surface area (Å²) >= 11 is 0. The molecule has 1 heterocycles. The zero-order valence-corrected chi connectivity index (χ0v) is 13.8. The first kappa shape index (κ1) is 16.7. The highest BCUT2D eigenvalue weighted by Gasteiger charge is 2.10. The van der Waals surface area contributed by atoms with Gasteiger partial charge < -0.3 is 9.84 Å². The van der Waals surface area contributed by atoms with Crippen molar-refractivity contribution in [1.29, 1.82) is 0 Å². The molecule has 6 nitrogen and oxygen atoms in total. The van der Waals surface area contributed by atoms with E-state index in [4.69, 9.17) is 4.52 Å². The predicted molar refractivity (Wildman–Crippen MR) is 84.6 cm³/mol. The van der Waals surface area contributed by atoms with Gasteiger partial charge in [-0.1, -0.05) is 29.4 Å². The van der Waals surface area contributed by atoms with E-state index in [1.165, 1.54) is 7.05 Å². The molecular formula is C15H21N3O3S. The maximum absolute atomic E-state index is 11.5. The molecule has 1 aromatic carbocycles. The average Bonchev–Trinajstić information content (AvgIpc) is 2.92. The van der Waals surface area contributed by atoms with E-state index in [2.05, 4.69) is 15.2 Å². The topological polar surface area (TPSA) is 84.2 Å². The van der Waals surface area contributed by atoms with Crippen LogP contribution in [0.5, 0.6) is 0 Å². The van der Waals surface area contributed by atoms with Crippen LogP contribution in [0, 0.1) is 6.92 Å². The molecule has 0 aliphatic carbocycles. The molecule has 0 spiro atoms. The maximum Gasteiger partial charge on any atom is 0.215 e. The fraction of sp³-hybridized carbons (Fsp3) is 0.400. The molecule has 1 unspecified atom stereocenters. The molecule has 2 rings (SSSR count). The molecule has 0 radical (unpaired) electrons. The number of aryl methyl sites for hydroxylation is 1. The summed E-state index contributed by atoms with van der Waals surface area (Å²) < 4.78 is 30.3. The van der Waals surface area contributed by atoms with Gasteiger partial charge in [0.1, 0.15) is 11.5 Å². The minimum absolute atomic E-state index is 0.00811. The Bertz CT molecular complexity index is 708. The van der Waals surface area contributed by atoms with Crippen LogP contribution in [0.1, 0.15) is 35.5 Å². The van der Waals surface area contributed by atoms with Crippen molar-refractivity contribution in [3.63, 3.8) is 0 Å². The molecule has 22 heavy (non-hydrogen) atoms. The minimum atomic E-state index is -3.23. The van der Waals surface area contributed by atoms with Crippen LogP contribution in [0.4, 0.5) is 0 Å². The number of rotatable bonds is 7. The van der Waals surface area contributed by atoms with Gasteiger partial charge in [0.15, 0.2) is 0 Å². The summed E-state index contributed by atoms with van der Waals surface area (Å²) in [6.45, 7) is 4.55. The Morgan fingerprint density at radius 1 is 1.23 bits per heavy atom. The van der Waals surface area contributed by atoms with Gasteiger partial charge in [0.05, 0.1) is 11.8 Å². The summed E-state index contributed by atoms with van der Waals surface area (Å²) in [5.41, 5.74) is 2.71. The molecule has 2 aromatic rings. The highest BCUT2D eigenvalue weighted by atomic mass is 32.2. The largest absolute Gasteiger partial charge is 0.361 e. The van der Waals surface area contributed by atoms with Crippen LogP contribution in [-0.2, 0) is 22.3 Å². The highest BCUT2D eigenvalue weighted by Crippen LogP contribution is 2.13. The van der Waals surface area contributed by atoms with Crippen molar-refractivity contribution in [3.05, 3.63) is 52.9 Å². The lowest BCUT2D eigenvalue weighted by molar-refractivity contribution is 0.380. The summed E-state index contributed by atoms with van der Waals surface area (Å²) in [7, 11) is -1.81. The van der Waals surface area contributed by atoms with Crippen molar-refractivity contribution in [1.82, 2.24) is 15.2 Å². The first-order valence-electron chi connectivity index (χ1n) is 7.05. The zero-order valence-electron chi connectivity index (χ0n) is 13.0. The molecule has 1 aromatic heterocycles. The monoisotopic (exact) mass is 323 g/mol. The normalized spacial score (nSPS) is 13.2. The number of benzene rings is 1. The molecule has 0 aliphatic heterocycles. The summed E-state index contributed by atoms with van der Waals surface area (Å²) in [5, 5.41) is 7.33. The second-order valence-electron chi connectivity index (χ2n) is 5.24. The van der Waals surface area contributed by atoms with Crippen molar-refractivity contribution in [2.75, 3.05) is 7.05 Å². The van der Waals surface area contributed by atoms with Gasteiger partial charge >= 0.3 is 0 Å². The molecule has 0 saturated carbocycles. The molecule has 0 fully saturated rings. The van der Waals surface area contributed by atoms with Gasteiger partial charge in [0.2, 0.25) is 10.0 Å². The first-order chi connectivity index (χ1) is 10.4. The first-order valence-corrected chi connectivity index (χ1v) is 8.70. The van der Waals surface area contributed by atoms with E-state index in [1.54, 1.807) is 0 Å². The van der Waals surface area contributed by atoms with E-state index in [1.807, 2.05) is 44.2 Å². The summed E-state index contributed by atoms with van der Waals surface area (Å²) in [5.74, 6) is 0.782.